The molecule has 2 fully saturated rings. The van der Waals surface area contributed by atoms with Gasteiger partial charge in [0.2, 0.25) is 0 Å². The van der Waals surface area contributed by atoms with Crippen molar-refractivity contribution in [2.45, 2.75) is 44.3 Å². The van der Waals surface area contributed by atoms with Gasteiger partial charge in [-0.2, -0.15) is 11.8 Å². The smallest absolute Gasteiger partial charge is 0.191 e. The summed E-state index contributed by atoms with van der Waals surface area (Å²) in [5.41, 5.74) is 6.08. The summed E-state index contributed by atoms with van der Waals surface area (Å²) in [6.45, 7) is 5.43. The largest absolute Gasteiger partial charge is 0.370 e. The summed E-state index contributed by atoms with van der Waals surface area (Å²) in [6, 6.07) is 0. The molecule has 0 aromatic carbocycles. The minimum atomic E-state index is 0.714. The number of nitrogens with two attached hydrogens (primary N) is 1. The molecule has 0 bridgehead atoms. The maximum Gasteiger partial charge on any atom is 0.191 e. The Labute approximate surface area is 109 Å². The van der Waals surface area contributed by atoms with E-state index >= 15 is 0 Å². The van der Waals surface area contributed by atoms with Gasteiger partial charge in [0.25, 0.3) is 0 Å². The minimum absolute atomic E-state index is 0.714. The van der Waals surface area contributed by atoms with Crippen LogP contribution in [-0.4, -0.2) is 41.5 Å². The van der Waals surface area contributed by atoms with Gasteiger partial charge in [0.1, 0.15) is 0 Å². The molecule has 2 saturated heterocycles. The molecule has 17 heavy (non-hydrogen) atoms. The second-order valence-electron chi connectivity index (χ2n) is 5.36. The zero-order valence-electron chi connectivity index (χ0n) is 10.9. The topological polar surface area (TPSA) is 41.6 Å². The zero-order chi connectivity index (χ0) is 12.1. The second kappa shape index (κ2) is 6.53. The Morgan fingerprint density at radius 1 is 1.29 bits per heavy atom. The van der Waals surface area contributed by atoms with E-state index in [9.17, 15) is 0 Å². The van der Waals surface area contributed by atoms with Gasteiger partial charge in [0.05, 0.1) is 6.54 Å². The van der Waals surface area contributed by atoms with E-state index in [1.165, 1.54) is 37.9 Å². The van der Waals surface area contributed by atoms with Gasteiger partial charge in [-0.3, -0.25) is 4.99 Å². The number of hydrogen-bond donors (Lipinski definition) is 1. The summed E-state index contributed by atoms with van der Waals surface area (Å²) >= 11 is 2.07. The van der Waals surface area contributed by atoms with Crippen molar-refractivity contribution in [3.05, 3.63) is 0 Å². The Kier molecular flexibility index (Phi) is 5.01. The van der Waals surface area contributed by atoms with Crippen molar-refractivity contribution < 1.29 is 0 Å². The number of guanidine groups is 1. The van der Waals surface area contributed by atoms with Crippen LogP contribution in [0.4, 0.5) is 0 Å². The van der Waals surface area contributed by atoms with Crippen molar-refractivity contribution in [3.63, 3.8) is 0 Å². The summed E-state index contributed by atoms with van der Waals surface area (Å²) < 4.78 is 0. The number of thioether (sulfide) groups is 1. The highest BCUT2D eigenvalue weighted by Gasteiger charge is 2.18. The van der Waals surface area contributed by atoms with E-state index in [0.29, 0.717) is 5.25 Å². The summed E-state index contributed by atoms with van der Waals surface area (Å²) in [5, 5.41) is 0.714. The average molecular weight is 255 g/mol. The van der Waals surface area contributed by atoms with Crippen LogP contribution in [0, 0.1) is 5.92 Å². The Bertz CT molecular complexity index is 253. The molecule has 2 aliphatic heterocycles. The molecule has 0 spiro atoms. The van der Waals surface area contributed by atoms with Crippen LogP contribution in [0.15, 0.2) is 4.99 Å². The van der Waals surface area contributed by atoms with Crippen LogP contribution in [0.5, 0.6) is 0 Å². The van der Waals surface area contributed by atoms with Crippen molar-refractivity contribution in [1.82, 2.24) is 4.90 Å². The van der Waals surface area contributed by atoms with Gasteiger partial charge in [-0.15, -0.1) is 0 Å². The molecule has 0 saturated carbocycles. The Balaban J connectivity index is 1.75. The lowest BCUT2D eigenvalue weighted by Gasteiger charge is -2.31. The maximum atomic E-state index is 6.08. The second-order valence-corrected chi connectivity index (χ2v) is 6.77. The third-order valence-corrected chi connectivity index (χ3v) is 5.22. The van der Waals surface area contributed by atoms with E-state index in [0.717, 1.165) is 31.5 Å². The van der Waals surface area contributed by atoms with Gasteiger partial charge in [-0.1, -0.05) is 13.3 Å². The van der Waals surface area contributed by atoms with Crippen molar-refractivity contribution in [2.75, 3.05) is 25.4 Å². The van der Waals surface area contributed by atoms with Crippen molar-refractivity contribution in [2.24, 2.45) is 16.6 Å². The molecule has 0 aliphatic carbocycles. The average Bonchev–Trinajstić information content (AvgIpc) is 2.38. The van der Waals surface area contributed by atoms with Crippen LogP contribution in [0.2, 0.25) is 0 Å². The van der Waals surface area contributed by atoms with Gasteiger partial charge in [0, 0.05) is 18.3 Å². The number of likely N-dealkylation sites (tertiary alicyclic amines) is 1. The molecular weight excluding hydrogens is 230 g/mol. The van der Waals surface area contributed by atoms with Crippen LogP contribution in [0.1, 0.15) is 39.0 Å². The molecule has 2 aliphatic rings. The number of aliphatic imine (C=N–C) groups is 1. The van der Waals surface area contributed by atoms with E-state index in [1.54, 1.807) is 0 Å². The van der Waals surface area contributed by atoms with Gasteiger partial charge in [0.15, 0.2) is 5.96 Å². The molecule has 3 nitrogen and oxygen atoms in total. The SMILES string of the molecule is CC1CCN(C(N)=NCC2CCCCS2)CC1. The molecule has 1 unspecified atom stereocenters. The molecule has 0 radical (unpaired) electrons. The van der Waals surface area contributed by atoms with E-state index < -0.39 is 0 Å². The maximum absolute atomic E-state index is 6.08. The first-order valence-corrected chi connectivity index (χ1v) is 7.97. The Morgan fingerprint density at radius 2 is 2.06 bits per heavy atom. The van der Waals surface area contributed by atoms with Crippen molar-refractivity contribution in [3.8, 4) is 0 Å². The van der Waals surface area contributed by atoms with E-state index in [1.807, 2.05) is 0 Å². The number of hydrogen-bond acceptors (Lipinski definition) is 2. The van der Waals surface area contributed by atoms with Gasteiger partial charge in [-0.25, -0.2) is 0 Å². The lowest BCUT2D eigenvalue weighted by Crippen LogP contribution is -2.42. The fourth-order valence-corrected chi connectivity index (χ4v) is 3.70. The van der Waals surface area contributed by atoms with Crippen LogP contribution in [0.3, 0.4) is 0 Å². The van der Waals surface area contributed by atoms with Crippen molar-refractivity contribution >= 4 is 17.7 Å². The fourth-order valence-electron chi connectivity index (χ4n) is 2.48. The predicted octanol–water partition coefficient (Wildman–Crippen LogP) is 2.32. The molecule has 1 atom stereocenters. The summed E-state index contributed by atoms with van der Waals surface area (Å²) in [6.07, 6.45) is 6.58. The highest BCUT2D eigenvalue weighted by atomic mass is 32.2. The molecule has 4 heteroatoms. The Hall–Kier alpha value is -0.380. The van der Waals surface area contributed by atoms with Crippen LogP contribution < -0.4 is 5.73 Å². The summed E-state index contributed by atoms with van der Waals surface area (Å²) in [4.78, 5) is 6.85. The van der Waals surface area contributed by atoms with Crippen LogP contribution in [0.25, 0.3) is 0 Å². The number of rotatable bonds is 2. The Morgan fingerprint density at radius 3 is 2.71 bits per heavy atom. The first-order valence-electron chi connectivity index (χ1n) is 6.92. The van der Waals surface area contributed by atoms with E-state index in [4.69, 9.17) is 5.73 Å². The normalized spacial score (nSPS) is 28.4. The molecular formula is C13H25N3S. The van der Waals surface area contributed by atoms with Gasteiger partial charge in [-0.05, 0) is 37.4 Å². The predicted molar refractivity (Wildman–Crippen MR) is 76.6 cm³/mol. The third kappa shape index (κ3) is 4.09. The number of piperidine rings is 1. The lowest BCUT2D eigenvalue weighted by atomic mass is 10.00. The molecule has 2 heterocycles. The van der Waals surface area contributed by atoms with Crippen molar-refractivity contribution in [1.29, 1.82) is 0 Å². The third-order valence-electron chi connectivity index (χ3n) is 3.84. The molecule has 2 N–H and O–H groups in total. The summed E-state index contributed by atoms with van der Waals surface area (Å²) in [7, 11) is 0. The molecule has 2 rings (SSSR count). The standard InChI is InChI=1S/C13H25N3S/c1-11-5-7-16(8-6-11)13(14)15-10-12-4-2-3-9-17-12/h11-12H,2-10H2,1H3,(H2,14,15). The zero-order valence-corrected chi connectivity index (χ0v) is 11.7. The molecule has 0 amide bonds. The van der Waals surface area contributed by atoms with Crippen LogP contribution >= 0.6 is 11.8 Å². The first-order chi connectivity index (χ1) is 8.25. The minimum Gasteiger partial charge on any atom is -0.370 e. The van der Waals surface area contributed by atoms with E-state index in [2.05, 4.69) is 28.6 Å². The highest BCUT2D eigenvalue weighted by Crippen LogP contribution is 2.25. The highest BCUT2D eigenvalue weighted by molar-refractivity contribution is 7.99. The van der Waals surface area contributed by atoms with Crippen LogP contribution in [-0.2, 0) is 0 Å². The fraction of sp³-hybridized carbons (Fsp3) is 0.923. The van der Waals surface area contributed by atoms with Gasteiger partial charge >= 0.3 is 0 Å². The quantitative estimate of drug-likeness (QED) is 0.608. The first kappa shape index (κ1) is 13.1. The molecule has 98 valence electrons. The molecule has 0 aromatic rings. The molecule has 0 aromatic heterocycles. The monoisotopic (exact) mass is 255 g/mol. The lowest BCUT2D eigenvalue weighted by molar-refractivity contribution is 0.277. The number of nitrogens with zero attached hydrogens (tertiary/aromatic N) is 2. The van der Waals surface area contributed by atoms with Gasteiger partial charge < -0.3 is 10.6 Å². The van der Waals surface area contributed by atoms with E-state index in [-0.39, 0.29) is 0 Å². The summed E-state index contributed by atoms with van der Waals surface area (Å²) in [5.74, 6) is 2.94.